The molecule has 54 heavy (non-hydrogen) atoms. The number of nitrogens with zero attached hydrogens (tertiary/aromatic N) is 2. The Morgan fingerprint density at radius 3 is 1.52 bits per heavy atom. The summed E-state index contributed by atoms with van der Waals surface area (Å²) in [5.41, 5.74) is 11.6. The van der Waals surface area contributed by atoms with Gasteiger partial charge in [0.15, 0.2) is 0 Å². The van der Waals surface area contributed by atoms with Gasteiger partial charge in [-0.15, -0.1) is 0 Å². The highest BCUT2D eigenvalue weighted by Gasteiger charge is 2.37. The molecule has 6 aromatic rings. The van der Waals surface area contributed by atoms with Crippen molar-refractivity contribution in [3.05, 3.63) is 178 Å². The molecule has 0 amide bonds. The molecule has 0 saturated carbocycles. The molecule has 0 spiro atoms. The topological polar surface area (TPSA) is 127 Å². The van der Waals surface area contributed by atoms with E-state index in [1.54, 1.807) is 30.3 Å². The highest BCUT2D eigenvalue weighted by molar-refractivity contribution is 9.10. The van der Waals surface area contributed by atoms with Crippen molar-refractivity contribution < 1.29 is 19.9 Å². The Kier molecular flexibility index (Phi) is 10.9. The molecule has 272 valence electrons. The summed E-state index contributed by atoms with van der Waals surface area (Å²) in [7, 11) is -1.41. The fourth-order valence-corrected chi connectivity index (χ4v) is 8.00. The largest absolute Gasteiger partial charge is 0.488 e. The molecule has 12 heteroatoms. The number of nitro groups is 2. The Hall–Kier alpha value is -4.84. The van der Waals surface area contributed by atoms with E-state index < -0.39 is 12.0 Å². The highest BCUT2D eigenvalue weighted by atomic mass is 79.9. The first-order valence-corrected chi connectivity index (χ1v) is 18.5. The normalized spacial score (nSPS) is 13.5. The van der Waals surface area contributed by atoms with Gasteiger partial charge in [-0.2, -0.15) is 0 Å². The van der Waals surface area contributed by atoms with Crippen LogP contribution in [0.1, 0.15) is 49.9 Å². The molecule has 6 aromatic carbocycles. The van der Waals surface area contributed by atoms with E-state index in [1.807, 2.05) is 36.4 Å². The van der Waals surface area contributed by atoms with E-state index in [4.69, 9.17) is 23.2 Å². The van der Waals surface area contributed by atoms with Gasteiger partial charge in [0, 0.05) is 33.0 Å². The molecule has 0 bridgehead atoms. The van der Waals surface area contributed by atoms with Crippen LogP contribution in [0.15, 0.2) is 126 Å². The predicted octanol–water partition coefficient (Wildman–Crippen LogP) is 10.9. The van der Waals surface area contributed by atoms with Crippen LogP contribution in [0.5, 0.6) is 0 Å². The monoisotopic (exact) mass is 822 g/mol. The number of halogens is 3. The fourth-order valence-electron chi connectivity index (χ4n) is 7.28. The third-order valence-corrected chi connectivity index (χ3v) is 11.2. The molecule has 2 aliphatic rings. The van der Waals surface area contributed by atoms with Crippen molar-refractivity contribution in [3.8, 4) is 33.4 Å². The summed E-state index contributed by atoms with van der Waals surface area (Å²) in [5.74, 6) is 0. The molecule has 0 fully saturated rings. The van der Waals surface area contributed by atoms with Crippen molar-refractivity contribution in [2.45, 2.75) is 38.5 Å². The molecule has 8 nitrogen and oxygen atoms in total. The van der Waals surface area contributed by atoms with Crippen molar-refractivity contribution in [2.75, 3.05) is 0 Å². The average molecular weight is 824 g/mol. The average Bonchev–Trinajstić information content (AvgIpc) is 3.52. The van der Waals surface area contributed by atoms with E-state index in [9.17, 15) is 30.3 Å². The van der Waals surface area contributed by atoms with Crippen LogP contribution >= 0.6 is 39.1 Å². The van der Waals surface area contributed by atoms with Crippen LogP contribution in [0.4, 0.5) is 11.4 Å². The SMILES string of the molecule is CC1(C)c2ccccc2-c2ccc(-c3ccc(Cl)cc3[N+](=O)[O-])cc21.CC1(C)c2ccccc2-c2ccc(B(O)O)cc21.O=[N+]([O-])c1cc(Cl)ccc1Br. The van der Waals surface area contributed by atoms with Crippen LogP contribution in [0.25, 0.3) is 33.4 Å². The second kappa shape index (κ2) is 15.1. The van der Waals surface area contributed by atoms with E-state index in [2.05, 4.69) is 86.1 Å². The molecule has 0 radical (unpaired) electrons. The number of hydrogen-bond donors (Lipinski definition) is 2. The zero-order valence-corrected chi connectivity index (χ0v) is 32.8. The lowest BCUT2D eigenvalue weighted by Gasteiger charge is -2.22. The van der Waals surface area contributed by atoms with E-state index >= 15 is 0 Å². The third kappa shape index (κ3) is 7.32. The summed E-state index contributed by atoms with van der Waals surface area (Å²) < 4.78 is 0.437. The molecule has 0 aliphatic heterocycles. The summed E-state index contributed by atoms with van der Waals surface area (Å²) >= 11 is 14.5. The van der Waals surface area contributed by atoms with Crippen molar-refractivity contribution >= 4 is 63.1 Å². The summed E-state index contributed by atoms with van der Waals surface area (Å²) in [4.78, 5) is 20.9. The van der Waals surface area contributed by atoms with Crippen molar-refractivity contribution in [3.63, 3.8) is 0 Å². The summed E-state index contributed by atoms with van der Waals surface area (Å²) in [6, 6.07) is 37.7. The van der Waals surface area contributed by atoms with Gasteiger partial charge < -0.3 is 10.0 Å². The summed E-state index contributed by atoms with van der Waals surface area (Å²) in [5, 5.41) is 41.0. The molecule has 0 unspecified atom stereocenters. The molecule has 8 rings (SSSR count). The van der Waals surface area contributed by atoms with Gasteiger partial charge in [0.25, 0.3) is 11.4 Å². The second-order valence-corrected chi connectivity index (χ2v) is 15.8. The van der Waals surface area contributed by atoms with Gasteiger partial charge in [0.1, 0.15) is 0 Å². The molecule has 0 atom stereocenters. The van der Waals surface area contributed by atoms with Crippen LogP contribution in [0.2, 0.25) is 10.0 Å². The smallest absolute Gasteiger partial charge is 0.423 e. The zero-order chi connectivity index (χ0) is 39.1. The Morgan fingerprint density at radius 1 is 0.556 bits per heavy atom. The second-order valence-electron chi connectivity index (χ2n) is 14.1. The summed E-state index contributed by atoms with van der Waals surface area (Å²) in [6.45, 7) is 8.73. The minimum Gasteiger partial charge on any atom is -0.423 e. The first-order chi connectivity index (χ1) is 25.5. The van der Waals surface area contributed by atoms with Crippen LogP contribution in [-0.4, -0.2) is 27.0 Å². The molecule has 0 heterocycles. The van der Waals surface area contributed by atoms with Crippen LogP contribution < -0.4 is 5.46 Å². The Morgan fingerprint density at radius 2 is 1.00 bits per heavy atom. The first kappa shape index (κ1) is 38.9. The van der Waals surface area contributed by atoms with Gasteiger partial charge in [-0.05, 0) is 102 Å². The number of fused-ring (bicyclic) bond motifs is 6. The van der Waals surface area contributed by atoms with Crippen molar-refractivity contribution in [1.29, 1.82) is 0 Å². The minimum atomic E-state index is -1.41. The Bertz CT molecular complexity index is 2450. The standard InChI is InChI=1S/C21H16ClNO2.C15H15BO2.C6H3BrClNO2/c1-21(2)18-6-4-3-5-16(18)17-9-7-13(11-19(17)21)15-10-8-14(22)12-20(15)23(24)25;1-15(2)13-6-4-3-5-11(13)12-8-7-10(16(17)18)9-14(12)15;7-5-2-1-4(8)3-6(5)9(10)11/h3-12H,1-2H3;3-9,17-18H,1-2H3;1-3H. The summed E-state index contributed by atoms with van der Waals surface area (Å²) in [6.07, 6.45) is 0. The maximum Gasteiger partial charge on any atom is 0.488 e. The molecule has 0 aromatic heterocycles. The molecular formula is C42H34BBrCl2N2O6. The van der Waals surface area contributed by atoms with E-state index in [0.717, 1.165) is 11.1 Å². The van der Waals surface area contributed by atoms with Gasteiger partial charge >= 0.3 is 7.12 Å². The Balaban J connectivity index is 0.000000150. The van der Waals surface area contributed by atoms with Crippen LogP contribution in [-0.2, 0) is 10.8 Å². The van der Waals surface area contributed by atoms with Gasteiger partial charge in [0.2, 0.25) is 0 Å². The van der Waals surface area contributed by atoms with E-state index in [0.29, 0.717) is 25.5 Å². The lowest BCUT2D eigenvalue weighted by atomic mass is 9.75. The van der Waals surface area contributed by atoms with Gasteiger partial charge in [0.05, 0.1) is 19.9 Å². The number of hydrogen-bond acceptors (Lipinski definition) is 6. The highest BCUT2D eigenvalue weighted by Crippen LogP contribution is 2.50. The molecule has 0 saturated heterocycles. The van der Waals surface area contributed by atoms with Crippen LogP contribution in [0.3, 0.4) is 0 Å². The van der Waals surface area contributed by atoms with Gasteiger partial charge in [-0.25, -0.2) is 0 Å². The van der Waals surface area contributed by atoms with Gasteiger partial charge in [-0.3, -0.25) is 20.2 Å². The number of benzene rings is 6. The minimum absolute atomic E-state index is 0.0162. The number of rotatable bonds is 4. The fraction of sp³-hybridized carbons (Fsp3) is 0.143. The Labute approximate surface area is 331 Å². The first-order valence-electron chi connectivity index (χ1n) is 16.9. The van der Waals surface area contributed by atoms with Gasteiger partial charge in [-0.1, -0.05) is 130 Å². The van der Waals surface area contributed by atoms with Crippen molar-refractivity contribution in [2.24, 2.45) is 0 Å². The maximum absolute atomic E-state index is 11.4. The molecule has 2 aliphatic carbocycles. The zero-order valence-electron chi connectivity index (χ0n) is 29.7. The van der Waals surface area contributed by atoms with Crippen LogP contribution in [0, 0.1) is 20.2 Å². The maximum atomic E-state index is 11.4. The molecular weight excluding hydrogens is 790 g/mol. The quantitative estimate of drug-likeness (QED) is 0.104. The number of nitro benzene ring substituents is 2. The lowest BCUT2D eigenvalue weighted by molar-refractivity contribution is -0.385. The predicted molar refractivity (Wildman–Crippen MR) is 221 cm³/mol. The molecule has 2 N–H and O–H groups in total. The third-order valence-electron chi connectivity index (χ3n) is 10.1. The lowest BCUT2D eigenvalue weighted by Crippen LogP contribution is -2.31. The van der Waals surface area contributed by atoms with E-state index in [1.165, 1.54) is 51.1 Å². The van der Waals surface area contributed by atoms with Crippen molar-refractivity contribution in [1.82, 2.24) is 0 Å². The van der Waals surface area contributed by atoms with E-state index in [-0.39, 0.29) is 27.1 Å².